The van der Waals surface area contributed by atoms with Crippen LogP contribution in [-0.4, -0.2) is 86.2 Å². The number of nitrogens with zero attached hydrogens (tertiary/aromatic N) is 1. The van der Waals surface area contributed by atoms with Crippen LogP contribution in [0.4, 0.5) is 0 Å². The van der Waals surface area contributed by atoms with Crippen molar-refractivity contribution in [2.45, 2.75) is 199 Å². The number of nitrogens with one attached hydrogen (secondary N) is 1. The summed E-state index contributed by atoms with van der Waals surface area (Å²) in [6, 6.07) is 0. The monoisotopic (exact) mass is 912 g/mol. The molecule has 3 amide bonds. The Morgan fingerprint density at radius 2 is 1.11 bits per heavy atom. The van der Waals surface area contributed by atoms with E-state index in [2.05, 4.69) is 18.8 Å². The minimum Gasteiger partial charge on any atom is -0.756 e. The van der Waals surface area contributed by atoms with E-state index < -0.39 is 38.4 Å². The normalized spacial score (nSPS) is 13.8. The Balaban J connectivity index is 2.37. The molecule has 0 radical (unpaired) electrons. The van der Waals surface area contributed by atoms with Gasteiger partial charge in [0.25, 0.3) is 19.6 Å². The lowest BCUT2D eigenvalue weighted by atomic mass is 10.0. The van der Waals surface area contributed by atoms with Gasteiger partial charge in [-0.3, -0.25) is 33.4 Å². The maximum Gasteiger partial charge on any atom is 0.330 e. The van der Waals surface area contributed by atoms with Crippen LogP contribution >= 0.6 is 7.82 Å². The zero-order valence-electron chi connectivity index (χ0n) is 38.5. The number of imide groups is 1. The molecule has 1 rings (SSSR count). The van der Waals surface area contributed by atoms with Gasteiger partial charge in [0.1, 0.15) is 6.61 Å². The SMILES string of the molecule is C=CC(=O)OCCCCCCCCCCCCC(=O)OC(COC(=O)CCCCCCCCCCCCCCC)COP(=O)([O-])OCCNC(=O)CCCCCN1C(=O)C=CC1=O. The fourth-order valence-electron chi connectivity index (χ4n) is 6.96. The molecule has 0 saturated carbocycles. The number of amides is 3. The van der Waals surface area contributed by atoms with Crippen molar-refractivity contribution in [1.82, 2.24) is 10.2 Å². The van der Waals surface area contributed by atoms with E-state index >= 15 is 0 Å². The molecule has 1 aliphatic rings. The summed E-state index contributed by atoms with van der Waals surface area (Å²) in [7, 11) is -4.87. The van der Waals surface area contributed by atoms with E-state index in [1.165, 1.54) is 76.0 Å². The topological polar surface area (TPSA) is 204 Å². The molecule has 0 bridgehead atoms. The average Bonchev–Trinajstić information content (AvgIpc) is 3.58. The van der Waals surface area contributed by atoms with Gasteiger partial charge in [0.05, 0.1) is 19.8 Å². The minimum atomic E-state index is -4.87. The van der Waals surface area contributed by atoms with Gasteiger partial charge in [-0.25, -0.2) is 4.79 Å². The number of carbonyl (C=O) groups is 6. The Kier molecular flexibility index (Phi) is 35.7. The number of carbonyl (C=O) groups excluding carboxylic acids is 6. The largest absolute Gasteiger partial charge is 0.756 e. The highest BCUT2D eigenvalue weighted by Crippen LogP contribution is 2.38. The lowest BCUT2D eigenvalue weighted by Crippen LogP contribution is -2.31. The summed E-state index contributed by atoms with van der Waals surface area (Å²) >= 11 is 0. The van der Waals surface area contributed by atoms with Crippen LogP contribution in [0.2, 0.25) is 0 Å². The number of hydrogen-bond acceptors (Lipinski definition) is 13. The predicted octanol–water partition coefficient (Wildman–Crippen LogP) is 9.05. The first-order valence-electron chi connectivity index (χ1n) is 24.0. The highest BCUT2D eigenvalue weighted by Gasteiger charge is 2.23. The molecule has 0 aromatic rings. The summed E-state index contributed by atoms with van der Waals surface area (Å²) in [4.78, 5) is 85.4. The number of unbranched alkanes of at least 4 members (excludes halogenated alkanes) is 23. The molecule has 0 spiro atoms. The molecule has 0 fully saturated rings. The first-order chi connectivity index (χ1) is 30.5. The van der Waals surface area contributed by atoms with Gasteiger partial charge in [-0.2, -0.15) is 0 Å². The van der Waals surface area contributed by atoms with E-state index in [0.717, 1.165) is 81.9 Å². The lowest BCUT2D eigenvalue weighted by molar-refractivity contribution is -0.228. The van der Waals surface area contributed by atoms with E-state index in [9.17, 15) is 38.2 Å². The third-order valence-electron chi connectivity index (χ3n) is 10.7. The van der Waals surface area contributed by atoms with Crippen molar-refractivity contribution >= 4 is 43.5 Å². The first-order valence-corrected chi connectivity index (χ1v) is 25.5. The van der Waals surface area contributed by atoms with Crippen LogP contribution in [-0.2, 0) is 56.6 Å². The van der Waals surface area contributed by atoms with Gasteiger partial charge >= 0.3 is 17.9 Å². The Morgan fingerprint density at radius 3 is 1.65 bits per heavy atom. The van der Waals surface area contributed by atoms with Crippen LogP contribution in [0, 0.1) is 0 Å². The Bertz CT molecular complexity index is 1360. The zero-order valence-corrected chi connectivity index (χ0v) is 39.4. The average molecular weight is 912 g/mol. The standard InChI is InChI=1S/C47H81N2O13P/c1-3-5-6-7-8-9-10-11-12-15-18-21-26-31-46(54)59-39-41(62-47(55)32-27-22-19-16-13-14-17-20-23-29-37-58-45(53)4-2)40-61-63(56,57)60-38-35-48-42(50)30-25-24-28-36-49-43(51)33-34-44(49)52/h4,33-34,41H,2-3,5-32,35-40H2,1H3,(H,48,50)(H,56,57)/p-1. The molecule has 15 nitrogen and oxygen atoms in total. The van der Waals surface area contributed by atoms with Crippen molar-refractivity contribution in [1.29, 1.82) is 0 Å². The molecular weight excluding hydrogens is 831 g/mol. The van der Waals surface area contributed by atoms with Crippen molar-refractivity contribution in [3.8, 4) is 0 Å². The summed E-state index contributed by atoms with van der Waals surface area (Å²) in [5, 5.41) is 2.57. The minimum absolute atomic E-state index is 0.0946. The van der Waals surface area contributed by atoms with Crippen LogP contribution in [0.5, 0.6) is 0 Å². The second kappa shape index (κ2) is 39.0. The van der Waals surface area contributed by atoms with Gasteiger partial charge in [-0.1, -0.05) is 148 Å². The summed E-state index contributed by atoms with van der Waals surface area (Å²) in [6.45, 7) is 4.87. The molecule has 1 aliphatic heterocycles. The van der Waals surface area contributed by atoms with Crippen molar-refractivity contribution in [2.24, 2.45) is 0 Å². The van der Waals surface area contributed by atoms with Gasteiger partial charge in [0, 0.05) is 50.6 Å². The molecule has 2 atom stereocenters. The molecule has 0 aromatic heterocycles. The molecule has 362 valence electrons. The fourth-order valence-corrected chi connectivity index (χ4v) is 7.69. The molecular formula is C47H80N2O13P-. The fraction of sp³-hybridized carbons (Fsp3) is 0.787. The van der Waals surface area contributed by atoms with E-state index in [4.69, 9.17) is 23.3 Å². The second-order valence-corrected chi connectivity index (χ2v) is 17.8. The number of phosphoric acid groups is 1. The number of esters is 3. The summed E-state index contributed by atoms with van der Waals surface area (Å²) in [5.41, 5.74) is 0. The zero-order chi connectivity index (χ0) is 46.2. The third-order valence-corrected chi connectivity index (χ3v) is 11.6. The highest BCUT2D eigenvalue weighted by atomic mass is 31.2. The number of ether oxygens (including phenoxy) is 3. The smallest absolute Gasteiger partial charge is 0.330 e. The van der Waals surface area contributed by atoms with Gasteiger partial charge < -0.3 is 33.5 Å². The number of rotatable bonds is 44. The Labute approximate surface area is 377 Å². The molecule has 1 heterocycles. The number of phosphoric ester groups is 1. The summed E-state index contributed by atoms with van der Waals surface area (Å²) in [5.74, 6) is -2.39. The molecule has 0 aromatic carbocycles. The highest BCUT2D eigenvalue weighted by molar-refractivity contribution is 7.45. The second-order valence-electron chi connectivity index (χ2n) is 16.3. The van der Waals surface area contributed by atoms with Gasteiger partial charge in [-0.15, -0.1) is 0 Å². The molecule has 0 aliphatic carbocycles. The van der Waals surface area contributed by atoms with Crippen LogP contribution in [0.15, 0.2) is 24.8 Å². The van der Waals surface area contributed by atoms with Crippen LogP contribution in [0.25, 0.3) is 0 Å². The molecule has 0 saturated heterocycles. The molecule has 16 heteroatoms. The Morgan fingerprint density at radius 1 is 0.635 bits per heavy atom. The molecule has 2 unspecified atom stereocenters. The lowest BCUT2D eigenvalue weighted by Gasteiger charge is -2.25. The van der Waals surface area contributed by atoms with Crippen molar-refractivity contribution in [3.05, 3.63) is 24.8 Å². The van der Waals surface area contributed by atoms with Crippen molar-refractivity contribution < 1.29 is 61.5 Å². The van der Waals surface area contributed by atoms with E-state index in [1.807, 2.05) is 0 Å². The third kappa shape index (κ3) is 34.7. The predicted molar refractivity (Wildman–Crippen MR) is 240 cm³/mol. The molecule has 63 heavy (non-hydrogen) atoms. The van der Waals surface area contributed by atoms with Crippen LogP contribution in [0.1, 0.15) is 193 Å². The van der Waals surface area contributed by atoms with Crippen molar-refractivity contribution in [2.75, 3.05) is 39.5 Å². The maximum atomic E-state index is 12.7. The Hall–Kier alpha value is -3.39. The van der Waals surface area contributed by atoms with Crippen LogP contribution < -0.4 is 10.2 Å². The van der Waals surface area contributed by atoms with Gasteiger partial charge in [0.2, 0.25) is 5.91 Å². The quantitative estimate of drug-likeness (QED) is 0.0152. The summed E-state index contributed by atoms with van der Waals surface area (Å²) in [6.07, 6.45) is 29.7. The summed E-state index contributed by atoms with van der Waals surface area (Å²) < 4.78 is 38.3. The number of hydrogen-bond donors (Lipinski definition) is 1. The van der Waals surface area contributed by atoms with E-state index in [-0.39, 0.29) is 63.3 Å². The maximum absolute atomic E-state index is 12.7. The van der Waals surface area contributed by atoms with Gasteiger partial charge in [0.15, 0.2) is 6.10 Å². The molecule has 1 N–H and O–H groups in total. The van der Waals surface area contributed by atoms with Crippen molar-refractivity contribution in [3.63, 3.8) is 0 Å². The first kappa shape index (κ1) is 57.6. The van der Waals surface area contributed by atoms with Gasteiger partial charge in [-0.05, 0) is 32.1 Å². The van der Waals surface area contributed by atoms with Crippen LogP contribution in [0.3, 0.4) is 0 Å². The van der Waals surface area contributed by atoms with E-state index in [0.29, 0.717) is 38.7 Å². The van der Waals surface area contributed by atoms with E-state index in [1.54, 1.807) is 0 Å².